The molecule has 2 aromatic carbocycles. The van der Waals surface area contributed by atoms with Crippen molar-refractivity contribution in [2.45, 2.75) is 31.3 Å². The van der Waals surface area contributed by atoms with E-state index in [1.807, 2.05) is 61.0 Å². The van der Waals surface area contributed by atoms with Crippen molar-refractivity contribution in [3.63, 3.8) is 0 Å². The molecule has 188 valence electrons. The Bertz CT molecular complexity index is 1720. The molecule has 5 rings (SSSR count). The van der Waals surface area contributed by atoms with E-state index in [1.165, 1.54) is 11.3 Å². The van der Waals surface area contributed by atoms with Crippen molar-refractivity contribution < 1.29 is 9.53 Å². The number of carbonyl (C=O) groups excluding carboxylic acids is 1. The summed E-state index contributed by atoms with van der Waals surface area (Å²) in [5.74, 6) is -0.454. The monoisotopic (exact) mass is 529 g/mol. The average molecular weight is 530 g/mol. The normalized spacial score (nSPS) is 15.5. The molecular formula is C29H27N3O3S2. The van der Waals surface area contributed by atoms with Crippen LogP contribution in [0.25, 0.3) is 17.0 Å². The number of ether oxygens (including phenoxy) is 1. The predicted octanol–water partition coefficient (Wildman–Crippen LogP) is 4.66. The third-order valence-corrected chi connectivity index (χ3v) is 8.11. The second kappa shape index (κ2) is 10.4. The highest BCUT2D eigenvalue weighted by Crippen LogP contribution is 2.31. The summed E-state index contributed by atoms with van der Waals surface area (Å²) in [7, 11) is 0. The molecule has 0 spiro atoms. The van der Waals surface area contributed by atoms with Gasteiger partial charge in [0.1, 0.15) is 0 Å². The number of fused-ring (bicyclic) bond motifs is 2. The fraction of sp³-hybridized carbons (Fsp3) is 0.207. The van der Waals surface area contributed by atoms with E-state index in [-0.39, 0.29) is 12.2 Å². The number of thiazole rings is 1. The van der Waals surface area contributed by atoms with Crippen LogP contribution in [0.15, 0.2) is 93.3 Å². The Morgan fingerprint density at radius 1 is 1.22 bits per heavy atom. The van der Waals surface area contributed by atoms with Gasteiger partial charge in [0.2, 0.25) is 0 Å². The summed E-state index contributed by atoms with van der Waals surface area (Å²) in [5, 5.41) is 1.06. The molecule has 0 bridgehead atoms. The topological polar surface area (TPSA) is 65.6 Å². The number of para-hydroxylation sites is 1. The SMILES string of the molecule is C=CCn1cc(C=c2sc3n(c2=O)[C@H](c2ccc(SC)cc2)C(C(=O)OCC)=C(C)N=3)c2ccccc21. The van der Waals surface area contributed by atoms with Gasteiger partial charge in [-0.05, 0) is 49.9 Å². The van der Waals surface area contributed by atoms with Gasteiger partial charge in [0.15, 0.2) is 4.80 Å². The zero-order chi connectivity index (χ0) is 26.1. The van der Waals surface area contributed by atoms with Gasteiger partial charge in [-0.25, -0.2) is 9.79 Å². The molecule has 0 radical (unpaired) electrons. The number of hydrogen-bond donors (Lipinski definition) is 0. The number of hydrogen-bond acceptors (Lipinski definition) is 6. The lowest BCUT2D eigenvalue weighted by atomic mass is 9.96. The molecule has 1 atom stereocenters. The molecule has 0 amide bonds. The van der Waals surface area contributed by atoms with Crippen LogP contribution in [0.4, 0.5) is 0 Å². The molecule has 4 aromatic rings. The van der Waals surface area contributed by atoms with Crippen molar-refractivity contribution in [1.29, 1.82) is 0 Å². The zero-order valence-corrected chi connectivity index (χ0v) is 22.6. The molecule has 0 saturated carbocycles. The predicted molar refractivity (Wildman–Crippen MR) is 151 cm³/mol. The summed E-state index contributed by atoms with van der Waals surface area (Å²) in [6.45, 7) is 8.35. The second-order valence-electron chi connectivity index (χ2n) is 8.62. The van der Waals surface area contributed by atoms with Crippen LogP contribution in [0.2, 0.25) is 0 Å². The van der Waals surface area contributed by atoms with Crippen molar-refractivity contribution >= 4 is 46.0 Å². The Labute approximate surface area is 222 Å². The number of esters is 1. The van der Waals surface area contributed by atoms with Crippen molar-refractivity contribution in [2.24, 2.45) is 4.99 Å². The summed E-state index contributed by atoms with van der Waals surface area (Å²) in [4.78, 5) is 33.3. The van der Waals surface area contributed by atoms with E-state index in [2.05, 4.69) is 28.3 Å². The van der Waals surface area contributed by atoms with E-state index in [4.69, 9.17) is 4.74 Å². The lowest BCUT2D eigenvalue weighted by Crippen LogP contribution is -2.39. The first-order chi connectivity index (χ1) is 18.0. The van der Waals surface area contributed by atoms with Crippen LogP contribution in [0, 0.1) is 0 Å². The van der Waals surface area contributed by atoms with Gasteiger partial charge in [-0.2, -0.15) is 0 Å². The molecule has 0 N–H and O–H groups in total. The fourth-order valence-electron chi connectivity index (χ4n) is 4.71. The van der Waals surface area contributed by atoms with Gasteiger partial charge in [0.25, 0.3) is 5.56 Å². The van der Waals surface area contributed by atoms with E-state index in [1.54, 1.807) is 30.2 Å². The summed E-state index contributed by atoms with van der Waals surface area (Å²) in [6, 6.07) is 15.4. The quantitative estimate of drug-likeness (QED) is 0.198. The second-order valence-corrected chi connectivity index (χ2v) is 10.5. The van der Waals surface area contributed by atoms with Crippen LogP contribution in [0.5, 0.6) is 0 Å². The van der Waals surface area contributed by atoms with Gasteiger partial charge < -0.3 is 9.30 Å². The molecule has 0 fully saturated rings. The Morgan fingerprint density at radius 2 is 1.97 bits per heavy atom. The van der Waals surface area contributed by atoms with Crippen LogP contribution in [-0.2, 0) is 16.1 Å². The molecule has 6 nitrogen and oxygen atoms in total. The smallest absolute Gasteiger partial charge is 0.338 e. The van der Waals surface area contributed by atoms with Gasteiger partial charge in [0, 0.05) is 34.1 Å². The highest BCUT2D eigenvalue weighted by Gasteiger charge is 2.33. The Kier molecular flexibility index (Phi) is 7.04. The van der Waals surface area contributed by atoms with Crippen molar-refractivity contribution in [3.8, 4) is 0 Å². The average Bonchev–Trinajstić information content (AvgIpc) is 3.40. The first-order valence-electron chi connectivity index (χ1n) is 12.0. The first-order valence-corrected chi connectivity index (χ1v) is 14.0. The third kappa shape index (κ3) is 4.51. The van der Waals surface area contributed by atoms with Gasteiger partial charge >= 0.3 is 5.97 Å². The molecular weight excluding hydrogens is 502 g/mol. The molecule has 37 heavy (non-hydrogen) atoms. The summed E-state index contributed by atoms with van der Waals surface area (Å²) in [5.41, 5.74) is 3.63. The van der Waals surface area contributed by atoms with Crippen LogP contribution in [0.3, 0.4) is 0 Å². The lowest BCUT2D eigenvalue weighted by Gasteiger charge is -2.24. The molecule has 1 aliphatic rings. The molecule has 8 heteroatoms. The minimum atomic E-state index is -0.615. The minimum absolute atomic E-state index is 0.183. The van der Waals surface area contributed by atoms with E-state index < -0.39 is 12.0 Å². The Balaban J connectivity index is 1.73. The molecule has 0 saturated heterocycles. The highest BCUT2D eigenvalue weighted by atomic mass is 32.2. The summed E-state index contributed by atoms with van der Waals surface area (Å²) >= 11 is 2.97. The molecule has 1 aliphatic heterocycles. The first kappa shape index (κ1) is 25.0. The maximum atomic E-state index is 13.9. The lowest BCUT2D eigenvalue weighted by molar-refractivity contribution is -0.139. The maximum Gasteiger partial charge on any atom is 0.338 e. The molecule has 2 aromatic heterocycles. The summed E-state index contributed by atoms with van der Waals surface area (Å²) < 4.78 is 9.69. The van der Waals surface area contributed by atoms with E-state index in [9.17, 15) is 9.59 Å². The number of aromatic nitrogens is 2. The Morgan fingerprint density at radius 3 is 2.68 bits per heavy atom. The van der Waals surface area contributed by atoms with Crippen LogP contribution in [-0.4, -0.2) is 28.0 Å². The van der Waals surface area contributed by atoms with Crippen molar-refractivity contribution in [1.82, 2.24) is 9.13 Å². The van der Waals surface area contributed by atoms with Gasteiger partial charge in [-0.1, -0.05) is 47.7 Å². The van der Waals surface area contributed by atoms with Crippen LogP contribution in [0.1, 0.15) is 31.0 Å². The van der Waals surface area contributed by atoms with Crippen LogP contribution >= 0.6 is 23.1 Å². The van der Waals surface area contributed by atoms with Crippen molar-refractivity contribution in [3.05, 3.63) is 109 Å². The van der Waals surface area contributed by atoms with E-state index in [0.717, 1.165) is 26.9 Å². The zero-order valence-electron chi connectivity index (χ0n) is 20.9. The third-order valence-electron chi connectivity index (χ3n) is 6.38. The summed E-state index contributed by atoms with van der Waals surface area (Å²) in [6.07, 6.45) is 7.83. The molecule has 0 aliphatic carbocycles. The molecule has 3 heterocycles. The number of thioether (sulfide) groups is 1. The fourth-order valence-corrected chi connectivity index (χ4v) is 6.16. The van der Waals surface area contributed by atoms with Gasteiger partial charge in [-0.15, -0.1) is 18.3 Å². The number of nitrogens with zero attached hydrogens (tertiary/aromatic N) is 3. The van der Waals surface area contributed by atoms with Gasteiger partial charge in [0.05, 0.1) is 28.5 Å². The highest BCUT2D eigenvalue weighted by molar-refractivity contribution is 7.98. The maximum absolute atomic E-state index is 13.9. The van der Waals surface area contributed by atoms with Gasteiger partial charge in [-0.3, -0.25) is 9.36 Å². The number of allylic oxidation sites excluding steroid dienone is 2. The van der Waals surface area contributed by atoms with E-state index in [0.29, 0.717) is 27.1 Å². The van der Waals surface area contributed by atoms with Crippen LogP contribution < -0.4 is 14.9 Å². The van der Waals surface area contributed by atoms with Crippen molar-refractivity contribution in [2.75, 3.05) is 12.9 Å². The standard InChI is InChI=1S/C29H27N3O3S2/c1-5-15-31-17-20(22-9-7-8-10-23(22)31)16-24-27(33)32-26(19-11-13-21(36-4)14-12-19)25(28(34)35-6-2)18(3)30-29(32)37-24/h5,7-14,16-17,26H,1,6,15H2,2-4H3/t26-/m1/s1. The van der Waals surface area contributed by atoms with E-state index >= 15 is 0 Å². The molecule has 0 unspecified atom stereocenters. The number of benzene rings is 2. The largest absolute Gasteiger partial charge is 0.463 e. The number of carbonyl (C=O) groups is 1. The minimum Gasteiger partial charge on any atom is -0.463 e. The number of rotatable bonds is 7. The Hall–Kier alpha value is -3.62.